The molecule has 180 valence electrons. The number of nitrogens with one attached hydrogen (secondary N) is 1. The molecule has 1 N–H and O–H groups in total. The van der Waals surface area contributed by atoms with Gasteiger partial charge < -0.3 is 10.1 Å². The van der Waals surface area contributed by atoms with Crippen molar-refractivity contribution in [1.82, 2.24) is 9.62 Å². The van der Waals surface area contributed by atoms with Crippen molar-refractivity contribution < 1.29 is 31.1 Å². The van der Waals surface area contributed by atoms with Crippen molar-refractivity contribution in [3.05, 3.63) is 76.5 Å². The molecule has 2 heterocycles. The van der Waals surface area contributed by atoms with Crippen LogP contribution in [-0.2, 0) is 27.5 Å². The Balaban J connectivity index is 1.36. The SMILES string of the molecule is O=C(NCc1ccc(Oc2cccc(C(F)(F)F)c2)cc1)[C@@H]1CCCN1S(=O)(=O)c1ccsc1. The smallest absolute Gasteiger partial charge is 0.416 e. The molecule has 0 saturated carbocycles. The topological polar surface area (TPSA) is 75.7 Å². The van der Waals surface area contributed by atoms with Crippen LogP contribution in [0.4, 0.5) is 13.2 Å². The molecule has 3 aromatic rings. The van der Waals surface area contributed by atoms with Gasteiger partial charge in [-0.2, -0.15) is 28.8 Å². The van der Waals surface area contributed by atoms with Gasteiger partial charge in [-0.1, -0.05) is 18.2 Å². The molecule has 1 fully saturated rings. The summed E-state index contributed by atoms with van der Waals surface area (Å²) < 4.78 is 71.0. The second kappa shape index (κ2) is 9.77. The first-order valence-corrected chi connectivity index (χ1v) is 12.8. The highest BCUT2D eigenvalue weighted by Crippen LogP contribution is 2.33. The molecule has 1 aromatic heterocycles. The summed E-state index contributed by atoms with van der Waals surface area (Å²) in [5.74, 6) is 0.0304. The fraction of sp³-hybridized carbons (Fsp3) is 0.261. The Morgan fingerprint density at radius 1 is 1.12 bits per heavy atom. The van der Waals surface area contributed by atoms with E-state index in [2.05, 4.69) is 5.32 Å². The van der Waals surface area contributed by atoms with Crippen molar-refractivity contribution in [1.29, 1.82) is 0 Å². The summed E-state index contributed by atoms with van der Waals surface area (Å²) >= 11 is 1.28. The van der Waals surface area contributed by atoms with Crippen molar-refractivity contribution in [2.45, 2.75) is 36.5 Å². The van der Waals surface area contributed by atoms with Crippen molar-refractivity contribution in [3.63, 3.8) is 0 Å². The first-order valence-electron chi connectivity index (χ1n) is 10.4. The van der Waals surface area contributed by atoms with Crippen LogP contribution in [0.15, 0.2) is 70.3 Å². The maximum absolute atomic E-state index is 12.9. The van der Waals surface area contributed by atoms with Crippen LogP contribution < -0.4 is 10.1 Å². The van der Waals surface area contributed by atoms with E-state index in [9.17, 15) is 26.4 Å². The van der Waals surface area contributed by atoms with Crippen LogP contribution in [0, 0.1) is 0 Å². The van der Waals surface area contributed by atoms with Crippen molar-refractivity contribution >= 4 is 27.3 Å². The minimum Gasteiger partial charge on any atom is -0.457 e. The monoisotopic (exact) mass is 510 g/mol. The lowest BCUT2D eigenvalue weighted by Gasteiger charge is -2.23. The number of carbonyl (C=O) groups excluding carboxylic acids is 1. The van der Waals surface area contributed by atoms with E-state index in [0.717, 1.165) is 17.7 Å². The molecule has 4 rings (SSSR count). The number of halogens is 3. The molecular weight excluding hydrogens is 489 g/mol. The van der Waals surface area contributed by atoms with Gasteiger partial charge in [-0.05, 0) is 60.2 Å². The van der Waals surface area contributed by atoms with Gasteiger partial charge >= 0.3 is 6.18 Å². The highest BCUT2D eigenvalue weighted by Gasteiger charge is 2.39. The van der Waals surface area contributed by atoms with Crippen LogP contribution in [0.2, 0.25) is 0 Å². The highest BCUT2D eigenvalue weighted by atomic mass is 32.2. The van der Waals surface area contributed by atoms with Gasteiger partial charge in [0.15, 0.2) is 0 Å². The second-order valence-electron chi connectivity index (χ2n) is 7.72. The summed E-state index contributed by atoms with van der Waals surface area (Å²) in [6.07, 6.45) is -3.42. The number of alkyl halides is 3. The maximum atomic E-state index is 12.9. The molecule has 1 aliphatic heterocycles. The van der Waals surface area contributed by atoms with Gasteiger partial charge in [0.05, 0.1) is 10.5 Å². The molecule has 0 radical (unpaired) electrons. The summed E-state index contributed by atoms with van der Waals surface area (Å²) in [4.78, 5) is 12.9. The maximum Gasteiger partial charge on any atom is 0.416 e. The summed E-state index contributed by atoms with van der Waals surface area (Å²) in [5.41, 5.74) is -0.0683. The normalized spacial score (nSPS) is 17.0. The first kappa shape index (κ1) is 24.2. The molecular formula is C23H21F3N2O4S2. The van der Waals surface area contributed by atoms with Gasteiger partial charge in [0, 0.05) is 18.5 Å². The van der Waals surface area contributed by atoms with Crippen molar-refractivity contribution in [2.75, 3.05) is 6.54 Å². The van der Waals surface area contributed by atoms with Gasteiger partial charge in [-0.25, -0.2) is 8.42 Å². The Morgan fingerprint density at radius 2 is 1.88 bits per heavy atom. The van der Waals surface area contributed by atoms with Crippen LogP contribution >= 0.6 is 11.3 Å². The number of hydrogen-bond acceptors (Lipinski definition) is 5. The number of hydrogen-bond donors (Lipinski definition) is 1. The average Bonchev–Trinajstić information content (AvgIpc) is 3.51. The minimum atomic E-state index is -4.46. The Hall–Kier alpha value is -2.89. The summed E-state index contributed by atoms with van der Waals surface area (Å²) in [6, 6.07) is 11.9. The number of rotatable bonds is 7. The van der Waals surface area contributed by atoms with E-state index in [0.29, 0.717) is 18.6 Å². The van der Waals surface area contributed by atoms with Crippen LogP contribution in [-0.4, -0.2) is 31.2 Å². The van der Waals surface area contributed by atoms with Crippen LogP contribution in [0.5, 0.6) is 11.5 Å². The third kappa shape index (κ3) is 5.43. The molecule has 2 aromatic carbocycles. The molecule has 11 heteroatoms. The Morgan fingerprint density at radius 3 is 2.56 bits per heavy atom. The number of sulfonamides is 1. The van der Waals surface area contributed by atoms with E-state index >= 15 is 0 Å². The molecule has 0 bridgehead atoms. The lowest BCUT2D eigenvalue weighted by molar-refractivity contribution is -0.137. The van der Waals surface area contributed by atoms with E-state index < -0.39 is 27.8 Å². The fourth-order valence-electron chi connectivity index (χ4n) is 3.68. The Kier molecular flexibility index (Phi) is 6.96. The molecule has 1 atom stereocenters. The number of carbonyl (C=O) groups is 1. The number of nitrogens with zero attached hydrogens (tertiary/aromatic N) is 1. The van der Waals surface area contributed by atoms with E-state index in [1.54, 1.807) is 35.0 Å². The largest absolute Gasteiger partial charge is 0.457 e. The molecule has 6 nitrogen and oxygen atoms in total. The molecule has 0 unspecified atom stereocenters. The van der Waals surface area contributed by atoms with Gasteiger partial charge in [-0.3, -0.25) is 4.79 Å². The summed E-state index contributed by atoms with van der Waals surface area (Å²) in [5, 5.41) is 6.00. The first-order chi connectivity index (χ1) is 16.1. The zero-order valence-corrected chi connectivity index (χ0v) is 19.4. The van der Waals surface area contributed by atoms with Crippen molar-refractivity contribution in [2.24, 2.45) is 0 Å². The quantitative estimate of drug-likeness (QED) is 0.484. The number of thiophene rings is 1. The standard InChI is InChI=1S/C23H21F3N2O4S2/c24-23(25,26)17-3-1-4-19(13-17)32-18-8-6-16(7-9-18)14-27-22(29)21-5-2-11-28(21)34(30,31)20-10-12-33-15-20/h1,3-4,6-10,12-13,15,21H,2,5,11,14H2,(H,27,29)/t21-/m0/s1. The third-order valence-electron chi connectivity index (χ3n) is 5.40. The molecule has 34 heavy (non-hydrogen) atoms. The van der Waals surface area contributed by atoms with Gasteiger partial charge in [0.25, 0.3) is 0 Å². The Labute approximate surface area is 199 Å². The molecule has 0 spiro atoms. The van der Waals surface area contributed by atoms with Gasteiger partial charge in [0.1, 0.15) is 17.5 Å². The lowest BCUT2D eigenvalue weighted by atomic mass is 10.2. The Bertz CT molecular complexity index is 1240. The number of ether oxygens (including phenoxy) is 1. The summed E-state index contributed by atoms with van der Waals surface area (Å²) in [6.45, 7) is 0.462. The van der Waals surface area contributed by atoms with Gasteiger partial charge in [0.2, 0.25) is 15.9 Å². The van der Waals surface area contributed by atoms with Crippen LogP contribution in [0.3, 0.4) is 0 Å². The van der Waals surface area contributed by atoms with E-state index in [1.807, 2.05) is 0 Å². The van der Waals surface area contributed by atoms with Gasteiger partial charge in [-0.15, -0.1) is 0 Å². The van der Waals surface area contributed by atoms with E-state index in [-0.39, 0.29) is 29.6 Å². The van der Waals surface area contributed by atoms with Crippen LogP contribution in [0.1, 0.15) is 24.0 Å². The predicted molar refractivity (Wildman–Crippen MR) is 121 cm³/mol. The van der Waals surface area contributed by atoms with Crippen LogP contribution in [0.25, 0.3) is 0 Å². The van der Waals surface area contributed by atoms with Crippen molar-refractivity contribution in [3.8, 4) is 11.5 Å². The zero-order valence-electron chi connectivity index (χ0n) is 17.8. The van der Waals surface area contributed by atoms with E-state index in [1.165, 1.54) is 33.8 Å². The van der Waals surface area contributed by atoms with E-state index in [4.69, 9.17) is 4.74 Å². The molecule has 1 saturated heterocycles. The minimum absolute atomic E-state index is 0.0593. The molecule has 1 amide bonds. The highest BCUT2D eigenvalue weighted by molar-refractivity contribution is 7.89. The lowest BCUT2D eigenvalue weighted by Crippen LogP contribution is -2.45. The molecule has 1 aliphatic rings. The molecule has 0 aliphatic carbocycles. The summed E-state index contributed by atoms with van der Waals surface area (Å²) in [7, 11) is -3.72. The fourth-order valence-corrected chi connectivity index (χ4v) is 6.35. The second-order valence-corrected chi connectivity index (χ2v) is 10.4. The number of benzene rings is 2. The third-order valence-corrected chi connectivity index (χ3v) is 8.13. The zero-order chi connectivity index (χ0) is 24.3. The number of amides is 1. The predicted octanol–water partition coefficient (Wildman–Crippen LogP) is 5.03. The average molecular weight is 511 g/mol.